The molecule has 0 spiro atoms. The highest BCUT2D eigenvalue weighted by molar-refractivity contribution is 5.99. The number of non-ortho nitro benzene ring substituents is 1. The molecule has 0 saturated carbocycles. The van der Waals surface area contributed by atoms with E-state index in [1.54, 1.807) is 0 Å². The first-order chi connectivity index (χ1) is 13.7. The van der Waals surface area contributed by atoms with Crippen molar-refractivity contribution in [3.8, 4) is 0 Å². The van der Waals surface area contributed by atoms with E-state index in [9.17, 15) is 29.6 Å². The smallest absolute Gasteiger partial charge is 0.429 e. The highest BCUT2D eigenvalue weighted by Gasteiger charge is 2.52. The lowest BCUT2D eigenvalue weighted by atomic mass is 9.98. The molecule has 1 aromatic rings. The molecule has 2 heterocycles. The second-order valence-electron chi connectivity index (χ2n) is 6.56. The number of nitro benzene ring substituents is 1. The average Bonchev–Trinajstić information content (AvgIpc) is 2.87. The Morgan fingerprint density at radius 1 is 1.31 bits per heavy atom. The third-order valence-electron chi connectivity index (χ3n) is 4.64. The predicted molar refractivity (Wildman–Crippen MR) is 93.9 cm³/mol. The summed E-state index contributed by atoms with van der Waals surface area (Å²) >= 11 is 0. The number of carbonyl (C=O) groups is 3. The second kappa shape index (κ2) is 7.87. The monoisotopic (exact) mass is 406 g/mol. The van der Waals surface area contributed by atoms with E-state index in [1.807, 2.05) is 0 Å². The molecule has 0 aromatic heterocycles. The molecule has 2 aliphatic heterocycles. The van der Waals surface area contributed by atoms with Crippen LogP contribution in [0.2, 0.25) is 0 Å². The minimum Gasteiger partial charge on any atom is -0.429 e. The number of fused-ring (bicyclic) bond motifs is 1. The van der Waals surface area contributed by atoms with Gasteiger partial charge in [-0.2, -0.15) is 0 Å². The van der Waals surface area contributed by atoms with Gasteiger partial charge >= 0.3 is 12.1 Å². The molecule has 0 aliphatic carbocycles. The number of carbonyl (C=O) groups excluding carboxylic acids is 3. The van der Waals surface area contributed by atoms with Gasteiger partial charge in [0.15, 0.2) is 0 Å². The van der Waals surface area contributed by atoms with E-state index in [4.69, 9.17) is 14.2 Å². The first-order valence-corrected chi connectivity index (χ1v) is 8.67. The molecule has 1 fully saturated rings. The Bertz CT molecular complexity index is 893. The van der Waals surface area contributed by atoms with Gasteiger partial charge < -0.3 is 19.3 Å². The van der Waals surface area contributed by atoms with Gasteiger partial charge in [0.1, 0.15) is 12.3 Å². The Kier molecular flexibility index (Phi) is 5.50. The largest absolute Gasteiger partial charge is 0.511 e. The molecule has 3 atom stereocenters. The molecule has 2 unspecified atom stereocenters. The van der Waals surface area contributed by atoms with Gasteiger partial charge in [0.2, 0.25) is 12.2 Å². The highest BCUT2D eigenvalue weighted by Crippen LogP contribution is 2.38. The van der Waals surface area contributed by atoms with Crippen molar-refractivity contribution in [2.24, 2.45) is 0 Å². The maximum absolute atomic E-state index is 12.3. The number of aliphatic hydroxyl groups is 1. The molecule has 3 rings (SSSR count). The average molecular weight is 406 g/mol. The zero-order valence-corrected chi connectivity index (χ0v) is 15.6. The zero-order valence-electron chi connectivity index (χ0n) is 15.6. The standard InChI is InChI=1S/C18H18N2O9/c1-9-15(19-13(16(9)22)7-14(19)21)17(23)28-10(2)29-18(24)27-8-11-3-5-12(6-4-11)20(25)26/h3-6,10,13,16,22H,7-8H2,1-2H3/t10?,13-,16?/m0/s1. The van der Waals surface area contributed by atoms with Crippen LogP contribution >= 0.6 is 0 Å². The van der Waals surface area contributed by atoms with Crippen LogP contribution in [0.15, 0.2) is 35.5 Å². The van der Waals surface area contributed by atoms with E-state index in [1.165, 1.54) is 43.0 Å². The predicted octanol–water partition coefficient (Wildman–Crippen LogP) is 1.39. The molecule has 0 bridgehead atoms. The number of β-lactam (4-membered cyclic amide) rings is 1. The van der Waals surface area contributed by atoms with E-state index < -0.39 is 35.5 Å². The Labute approximate surface area is 164 Å². The summed E-state index contributed by atoms with van der Waals surface area (Å²) in [7, 11) is 0. The van der Waals surface area contributed by atoms with Crippen LogP contribution in [0.25, 0.3) is 0 Å². The Morgan fingerprint density at radius 2 is 1.97 bits per heavy atom. The number of hydrogen-bond donors (Lipinski definition) is 1. The molecule has 154 valence electrons. The molecular weight excluding hydrogens is 388 g/mol. The van der Waals surface area contributed by atoms with Crippen LogP contribution in [0.3, 0.4) is 0 Å². The molecule has 1 amide bonds. The molecule has 1 aromatic carbocycles. The van der Waals surface area contributed by atoms with Crippen molar-refractivity contribution in [3.05, 3.63) is 51.2 Å². The maximum Gasteiger partial charge on any atom is 0.511 e. The fourth-order valence-corrected chi connectivity index (χ4v) is 3.12. The summed E-state index contributed by atoms with van der Waals surface area (Å²) < 4.78 is 14.7. The van der Waals surface area contributed by atoms with E-state index in [0.717, 1.165) is 0 Å². The number of nitro groups is 1. The minimum atomic E-state index is -1.31. The summed E-state index contributed by atoms with van der Waals surface area (Å²) in [5, 5.41) is 20.6. The SMILES string of the molecule is CC1=C(C(=O)OC(C)OC(=O)OCc2ccc([N+](=O)[O-])cc2)N2C(=O)C[C@H]2C1O. The van der Waals surface area contributed by atoms with E-state index in [2.05, 4.69) is 0 Å². The topological polar surface area (TPSA) is 146 Å². The number of amides is 1. The summed E-state index contributed by atoms with van der Waals surface area (Å²) in [5.74, 6) is -1.19. The lowest BCUT2D eigenvalue weighted by Crippen LogP contribution is -2.53. The number of esters is 1. The third kappa shape index (κ3) is 4.04. The van der Waals surface area contributed by atoms with Crippen molar-refractivity contribution in [2.75, 3.05) is 0 Å². The van der Waals surface area contributed by atoms with Crippen LogP contribution < -0.4 is 0 Å². The van der Waals surface area contributed by atoms with Crippen molar-refractivity contribution >= 4 is 23.7 Å². The molecule has 1 N–H and O–H groups in total. The molecule has 11 heteroatoms. The van der Waals surface area contributed by atoms with Gasteiger partial charge in [0.25, 0.3) is 5.69 Å². The van der Waals surface area contributed by atoms with Gasteiger partial charge in [-0.1, -0.05) is 0 Å². The summed E-state index contributed by atoms with van der Waals surface area (Å²) in [6.07, 6.45) is -3.20. The summed E-state index contributed by atoms with van der Waals surface area (Å²) in [5.41, 5.74) is 0.675. The molecule has 1 saturated heterocycles. The van der Waals surface area contributed by atoms with Crippen LogP contribution in [0, 0.1) is 10.1 Å². The first kappa shape index (κ1) is 20.3. The quantitative estimate of drug-likeness (QED) is 0.243. The minimum absolute atomic E-state index is 0.0477. The van der Waals surface area contributed by atoms with Gasteiger partial charge in [-0.3, -0.25) is 19.8 Å². The fraction of sp³-hybridized carbons (Fsp3) is 0.389. The van der Waals surface area contributed by atoms with Crippen molar-refractivity contribution in [1.29, 1.82) is 0 Å². The van der Waals surface area contributed by atoms with Crippen LogP contribution in [0.4, 0.5) is 10.5 Å². The Balaban J connectivity index is 1.49. The number of ether oxygens (including phenoxy) is 3. The van der Waals surface area contributed by atoms with Crippen LogP contribution in [-0.4, -0.2) is 51.4 Å². The van der Waals surface area contributed by atoms with E-state index >= 15 is 0 Å². The van der Waals surface area contributed by atoms with Crippen molar-refractivity contribution in [3.63, 3.8) is 0 Å². The molecule has 2 aliphatic rings. The van der Waals surface area contributed by atoms with Gasteiger partial charge in [0, 0.05) is 19.1 Å². The van der Waals surface area contributed by atoms with Crippen molar-refractivity contribution in [2.45, 2.75) is 45.3 Å². The zero-order chi connectivity index (χ0) is 21.3. The van der Waals surface area contributed by atoms with Gasteiger partial charge in [0.05, 0.1) is 23.5 Å². The fourth-order valence-electron chi connectivity index (χ4n) is 3.12. The number of aliphatic hydroxyl groups excluding tert-OH is 1. The molecule has 11 nitrogen and oxygen atoms in total. The van der Waals surface area contributed by atoms with Crippen molar-refractivity contribution in [1.82, 2.24) is 4.90 Å². The highest BCUT2D eigenvalue weighted by atomic mass is 16.8. The summed E-state index contributed by atoms with van der Waals surface area (Å²) in [4.78, 5) is 47.0. The van der Waals surface area contributed by atoms with Crippen LogP contribution in [0.5, 0.6) is 0 Å². The summed E-state index contributed by atoms with van der Waals surface area (Å²) in [6.45, 7) is 2.62. The normalized spacial score (nSPS) is 21.2. The van der Waals surface area contributed by atoms with Gasteiger partial charge in [-0.25, -0.2) is 9.59 Å². The number of rotatable bonds is 6. The first-order valence-electron chi connectivity index (χ1n) is 8.67. The Morgan fingerprint density at radius 3 is 2.55 bits per heavy atom. The molecule has 29 heavy (non-hydrogen) atoms. The molecular formula is C18H18N2O9. The van der Waals surface area contributed by atoms with Gasteiger partial charge in [-0.05, 0) is 30.2 Å². The van der Waals surface area contributed by atoms with Crippen LogP contribution in [-0.2, 0) is 30.4 Å². The van der Waals surface area contributed by atoms with E-state index in [-0.39, 0.29) is 30.3 Å². The van der Waals surface area contributed by atoms with E-state index in [0.29, 0.717) is 11.1 Å². The Hall–Kier alpha value is -3.47. The number of hydrogen-bond acceptors (Lipinski definition) is 9. The van der Waals surface area contributed by atoms with Crippen molar-refractivity contribution < 1.29 is 38.6 Å². The lowest BCUT2D eigenvalue weighted by Gasteiger charge is -2.37. The lowest BCUT2D eigenvalue weighted by molar-refractivity contribution is -0.384. The maximum atomic E-state index is 12.3. The number of benzene rings is 1. The summed E-state index contributed by atoms with van der Waals surface area (Å²) in [6, 6.07) is 4.93. The third-order valence-corrected chi connectivity index (χ3v) is 4.64. The van der Waals surface area contributed by atoms with Crippen LogP contribution in [0.1, 0.15) is 25.8 Å². The second-order valence-corrected chi connectivity index (χ2v) is 6.56. The van der Waals surface area contributed by atoms with Gasteiger partial charge in [-0.15, -0.1) is 0 Å². The number of nitrogens with zero attached hydrogens (tertiary/aromatic N) is 2. The molecule has 0 radical (unpaired) electrons.